The fraction of sp³-hybridized carbons (Fsp3) is 0.462. The first-order valence-electron chi connectivity index (χ1n) is 6.25. The van der Waals surface area contributed by atoms with Crippen molar-refractivity contribution in [1.82, 2.24) is 5.32 Å². The smallest absolute Gasteiger partial charge is 0.319 e. The van der Waals surface area contributed by atoms with Gasteiger partial charge in [0.05, 0.1) is 12.1 Å². The number of halogens is 1. The van der Waals surface area contributed by atoms with Gasteiger partial charge in [-0.05, 0) is 37.5 Å². The van der Waals surface area contributed by atoms with Gasteiger partial charge >= 0.3 is 6.03 Å². The molecule has 2 atom stereocenters. The largest absolute Gasteiger partial charge is 0.495 e. The number of amides is 2. The van der Waals surface area contributed by atoms with E-state index >= 15 is 0 Å². The zero-order valence-electron chi connectivity index (χ0n) is 10.8. The van der Waals surface area contributed by atoms with Gasteiger partial charge in [-0.25, -0.2) is 4.79 Å². The minimum absolute atomic E-state index is 0.156. The molecule has 0 aromatic heterocycles. The molecule has 1 aliphatic carbocycles. The molecule has 4 N–H and O–H groups in total. The zero-order chi connectivity index (χ0) is 13.8. The van der Waals surface area contributed by atoms with Gasteiger partial charge in [-0.1, -0.05) is 11.6 Å². The maximum Gasteiger partial charge on any atom is 0.319 e. The number of urea groups is 1. The summed E-state index contributed by atoms with van der Waals surface area (Å²) in [5, 5.41) is 6.11. The van der Waals surface area contributed by atoms with Crippen molar-refractivity contribution in [3.8, 4) is 5.75 Å². The second-order valence-corrected chi connectivity index (χ2v) is 5.13. The Morgan fingerprint density at radius 1 is 1.47 bits per heavy atom. The highest BCUT2D eigenvalue weighted by Crippen LogP contribution is 2.27. The monoisotopic (exact) mass is 283 g/mol. The second kappa shape index (κ2) is 6.12. The number of methoxy groups -OCH3 is 1. The third-order valence-corrected chi connectivity index (χ3v) is 3.51. The summed E-state index contributed by atoms with van der Waals surface area (Å²) < 4.78 is 5.05. The summed E-state index contributed by atoms with van der Waals surface area (Å²) in [6.07, 6.45) is 2.72. The molecule has 2 amide bonds. The third-order valence-electron chi connectivity index (χ3n) is 3.22. The van der Waals surface area contributed by atoms with Crippen LogP contribution in [-0.2, 0) is 0 Å². The van der Waals surface area contributed by atoms with Crippen LogP contribution in [0.5, 0.6) is 5.75 Å². The number of ether oxygens (including phenoxy) is 1. The summed E-state index contributed by atoms with van der Waals surface area (Å²) in [4.78, 5) is 11.8. The molecule has 104 valence electrons. The molecule has 2 rings (SSSR count). The Kier molecular flexibility index (Phi) is 4.50. The fourth-order valence-corrected chi connectivity index (χ4v) is 2.50. The first-order valence-corrected chi connectivity index (χ1v) is 6.63. The summed E-state index contributed by atoms with van der Waals surface area (Å²) in [6, 6.07) is 5.22. The van der Waals surface area contributed by atoms with Gasteiger partial charge in [0.25, 0.3) is 0 Å². The van der Waals surface area contributed by atoms with Crippen LogP contribution >= 0.6 is 11.6 Å². The molecule has 1 aromatic carbocycles. The molecule has 0 radical (unpaired) electrons. The van der Waals surface area contributed by atoms with Crippen molar-refractivity contribution in [2.24, 2.45) is 5.73 Å². The van der Waals surface area contributed by atoms with E-state index in [2.05, 4.69) is 10.6 Å². The molecule has 19 heavy (non-hydrogen) atoms. The number of nitrogens with one attached hydrogen (secondary N) is 2. The number of anilines is 1. The highest BCUT2D eigenvalue weighted by Gasteiger charge is 2.23. The van der Waals surface area contributed by atoms with E-state index in [0.717, 1.165) is 19.3 Å². The zero-order valence-corrected chi connectivity index (χ0v) is 11.5. The molecule has 0 aliphatic heterocycles. The molecular formula is C13H18ClN3O2. The summed E-state index contributed by atoms with van der Waals surface area (Å²) in [6.45, 7) is 0. The number of carbonyl (C=O) groups is 1. The Hall–Kier alpha value is -1.46. The molecule has 1 aromatic rings. The van der Waals surface area contributed by atoms with Gasteiger partial charge in [0.1, 0.15) is 5.75 Å². The molecule has 5 nitrogen and oxygen atoms in total. The summed E-state index contributed by atoms with van der Waals surface area (Å²) in [5.74, 6) is 0.578. The summed E-state index contributed by atoms with van der Waals surface area (Å²) in [7, 11) is 1.55. The Morgan fingerprint density at radius 3 is 2.84 bits per heavy atom. The Morgan fingerprint density at radius 2 is 2.26 bits per heavy atom. The van der Waals surface area contributed by atoms with E-state index in [4.69, 9.17) is 22.1 Å². The summed E-state index contributed by atoms with van der Waals surface area (Å²) in [5.41, 5.74) is 6.43. The lowest BCUT2D eigenvalue weighted by molar-refractivity contribution is 0.248. The van der Waals surface area contributed by atoms with E-state index < -0.39 is 0 Å². The number of hydrogen-bond acceptors (Lipinski definition) is 3. The van der Waals surface area contributed by atoms with E-state index in [1.807, 2.05) is 0 Å². The van der Waals surface area contributed by atoms with Crippen LogP contribution in [0.15, 0.2) is 18.2 Å². The molecule has 0 bridgehead atoms. The Balaban J connectivity index is 1.90. The molecule has 1 aliphatic rings. The Bertz CT molecular complexity index is 467. The fourth-order valence-electron chi connectivity index (χ4n) is 2.24. The van der Waals surface area contributed by atoms with Crippen LogP contribution in [0.1, 0.15) is 19.3 Å². The average Bonchev–Trinajstić information content (AvgIpc) is 2.74. The maximum absolute atomic E-state index is 11.8. The molecule has 0 unspecified atom stereocenters. The highest BCUT2D eigenvalue weighted by atomic mass is 35.5. The molecule has 6 heteroatoms. The van der Waals surface area contributed by atoms with Crippen molar-refractivity contribution < 1.29 is 9.53 Å². The van der Waals surface area contributed by atoms with Crippen molar-refractivity contribution in [2.75, 3.05) is 12.4 Å². The lowest BCUT2D eigenvalue weighted by Gasteiger charge is -2.14. The van der Waals surface area contributed by atoms with E-state index in [1.165, 1.54) is 0 Å². The predicted molar refractivity (Wildman–Crippen MR) is 75.8 cm³/mol. The van der Waals surface area contributed by atoms with Gasteiger partial charge in [0.2, 0.25) is 0 Å². The SMILES string of the molecule is COc1ccc(NC(=O)N[C@@H]2CC[C@@H](N)C2)cc1Cl. The van der Waals surface area contributed by atoms with Gasteiger partial charge in [0.15, 0.2) is 0 Å². The topological polar surface area (TPSA) is 76.4 Å². The van der Waals surface area contributed by atoms with Crippen LogP contribution in [0.2, 0.25) is 5.02 Å². The standard InChI is InChI=1S/C13H18ClN3O2/c1-19-12-5-4-10(7-11(12)14)17-13(18)16-9-3-2-8(15)6-9/h4-5,7-9H,2-3,6,15H2,1H3,(H2,16,17,18)/t8-,9-/m1/s1. The van der Waals surface area contributed by atoms with E-state index in [-0.39, 0.29) is 18.1 Å². The minimum atomic E-state index is -0.236. The van der Waals surface area contributed by atoms with Crippen molar-refractivity contribution in [2.45, 2.75) is 31.3 Å². The molecule has 1 saturated carbocycles. The Labute approximate surface area is 117 Å². The average molecular weight is 284 g/mol. The van der Waals surface area contributed by atoms with Crippen molar-refractivity contribution in [3.63, 3.8) is 0 Å². The lowest BCUT2D eigenvalue weighted by Crippen LogP contribution is -2.37. The van der Waals surface area contributed by atoms with Gasteiger partial charge in [0, 0.05) is 17.8 Å². The van der Waals surface area contributed by atoms with Gasteiger partial charge in [-0.15, -0.1) is 0 Å². The van der Waals surface area contributed by atoms with Crippen LogP contribution in [0.3, 0.4) is 0 Å². The number of nitrogens with two attached hydrogens (primary N) is 1. The number of hydrogen-bond donors (Lipinski definition) is 3. The van der Waals surface area contributed by atoms with Crippen LogP contribution in [-0.4, -0.2) is 25.2 Å². The maximum atomic E-state index is 11.8. The molecular weight excluding hydrogens is 266 g/mol. The predicted octanol–water partition coefficient (Wildman–Crippen LogP) is 2.35. The first-order chi connectivity index (χ1) is 9.08. The quantitative estimate of drug-likeness (QED) is 0.797. The third kappa shape index (κ3) is 3.75. The van der Waals surface area contributed by atoms with Crippen LogP contribution in [0, 0.1) is 0 Å². The summed E-state index contributed by atoms with van der Waals surface area (Å²) >= 11 is 5.99. The van der Waals surface area contributed by atoms with Crippen LogP contribution < -0.4 is 21.1 Å². The first kappa shape index (κ1) is 14.0. The van der Waals surface area contributed by atoms with Gasteiger partial charge in [-0.3, -0.25) is 0 Å². The normalized spacial score (nSPS) is 22.1. The van der Waals surface area contributed by atoms with Gasteiger partial charge < -0.3 is 21.1 Å². The van der Waals surface area contributed by atoms with Crippen molar-refractivity contribution in [3.05, 3.63) is 23.2 Å². The number of benzene rings is 1. The lowest BCUT2D eigenvalue weighted by atomic mass is 10.2. The van der Waals surface area contributed by atoms with Crippen molar-refractivity contribution >= 4 is 23.3 Å². The van der Waals surface area contributed by atoms with Crippen LogP contribution in [0.4, 0.5) is 10.5 Å². The van der Waals surface area contributed by atoms with Crippen LogP contribution in [0.25, 0.3) is 0 Å². The van der Waals surface area contributed by atoms with Crippen molar-refractivity contribution in [1.29, 1.82) is 0 Å². The second-order valence-electron chi connectivity index (χ2n) is 4.72. The number of rotatable bonds is 3. The molecule has 0 heterocycles. The molecule has 0 spiro atoms. The molecule has 1 fully saturated rings. The highest BCUT2D eigenvalue weighted by molar-refractivity contribution is 6.32. The molecule has 0 saturated heterocycles. The van der Waals surface area contributed by atoms with E-state index in [9.17, 15) is 4.79 Å². The van der Waals surface area contributed by atoms with Gasteiger partial charge in [-0.2, -0.15) is 0 Å². The number of carbonyl (C=O) groups excluding carboxylic acids is 1. The minimum Gasteiger partial charge on any atom is -0.495 e. The van der Waals surface area contributed by atoms with E-state index in [1.54, 1.807) is 25.3 Å². The van der Waals surface area contributed by atoms with E-state index in [0.29, 0.717) is 16.5 Å².